The zero-order valence-electron chi connectivity index (χ0n) is 12.2. The van der Waals surface area contributed by atoms with Crippen molar-refractivity contribution in [1.29, 1.82) is 0 Å². The molecular weight excluding hydrogens is 292 g/mol. The van der Waals surface area contributed by atoms with E-state index < -0.39 is 26.7 Å². The van der Waals surface area contributed by atoms with Gasteiger partial charge in [-0.1, -0.05) is 19.1 Å². The highest BCUT2D eigenvalue weighted by Gasteiger charge is 2.48. The SMILES string of the molecule is CCC1(S(=O)(=O)c2cccc(C)c2)CCOC(C(=O)O)C1. The Morgan fingerprint density at radius 2 is 2.19 bits per heavy atom. The second-order valence-electron chi connectivity index (χ2n) is 5.51. The molecule has 0 bridgehead atoms. The summed E-state index contributed by atoms with van der Waals surface area (Å²) < 4.78 is 30.1. The Kier molecular flexibility index (Phi) is 4.39. The maximum absolute atomic E-state index is 13.0. The molecule has 1 heterocycles. The van der Waals surface area contributed by atoms with Crippen LogP contribution in [-0.2, 0) is 19.4 Å². The molecule has 0 amide bonds. The zero-order chi connectivity index (χ0) is 15.7. The summed E-state index contributed by atoms with van der Waals surface area (Å²) in [7, 11) is -3.61. The van der Waals surface area contributed by atoms with Gasteiger partial charge < -0.3 is 9.84 Å². The highest BCUT2D eigenvalue weighted by Crippen LogP contribution is 2.39. The minimum absolute atomic E-state index is 0.00485. The molecule has 6 heteroatoms. The summed E-state index contributed by atoms with van der Waals surface area (Å²) in [6, 6.07) is 6.75. The van der Waals surface area contributed by atoms with Crippen LogP contribution in [0.1, 0.15) is 31.7 Å². The standard InChI is InChI=1S/C15H20O5S/c1-3-15(7-8-20-13(10-15)14(16)17)21(18,19)12-6-4-5-11(2)9-12/h4-6,9,13H,3,7-8,10H2,1-2H3,(H,16,17). The summed E-state index contributed by atoms with van der Waals surface area (Å²) in [5.41, 5.74) is 0.865. The van der Waals surface area contributed by atoms with E-state index in [1.165, 1.54) is 0 Å². The number of aliphatic carboxylic acids is 1. The van der Waals surface area contributed by atoms with E-state index in [4.69, 9.17) is 9.84 Å². The third-order valence-electron chi connectivity index (χ3n) is 4.22. The highest BCUT2D eigenvalue weighted by atomic mass is 32.2. The Labute approximate surface area is 124 Å². The van der Waals surface area contributed by atoms with Crippen LogP contribution < -0.4 is 0 Å². The molecule has 0 saturated carbocycles. The minimum Gasteiger partial charge on any atom is -0.479 e. The van der Waals surface area contributed by atoms with E-state index in [1.54, 1.807) is 25.1 Å². The van der Waals surface area contributed by atoms with Crippen LogP contribution in [0.5, 0.6) is 0 Å². The quantitative estimate of drug-likeness (QED) is 0.921. The Bertz CT molecular complexity index is 637. The van der Waals surface area contributed by atoms with Crippen LogP contribution in [-0.4, -0.2) is 37.0 Å². The van der Waals surface area contributed by atoms with Gasteiger partial charge in [-0.25, -0.2) is 13.2 Å². The number of carbonyl (C=O) groups is 1. The second-order valence-corrected chi connectivity index (χ2v) is 7.85. The molecule has 2 unspecified atom stereocenters. The molecule has 21 heavy (non-hydrogen) atoms. The van der Waals surface area contributed by atoms with E-state index in [0.29, 0.717) is 12.8 Å². The summed E-state index contributed by atoms with van der Waals surface area (Å²) in [5, 5.41) is 9.13. The van der Waals surface area contributed by atoms with Crippen LogP contribution in [0.25, 0.3) is 0 Å². The van der Waals surface area contributed by atoms with E-state index in [2.05, 4.69) is 0 Å². The van der Waals surface area contributed by atoms with Gasteiger partial charge in [0.05, 0.1) is 9.64 Å². The van der Waals surface area contributed by atoms with Gasteiger partial charge in [0.25, 0.3) is 0 Å². The first-order valence-electron chi connectivity index (χ1n) is 6.98. The smallest absolute Gasteiger partial charge is 0.332 e. The number of benzene rings is 1. The monoisotopic (exact) mass is 312 g/mol. The lowest BCUT2D eigenvalue weighted by atomic mass is 9.92. The first kappa shape index (κ1) is 16.0. The summed E-state index contributed by atoms with van der Waals surface area (Å²) in [6.45, 7) is 3.77. The molecule has 1 aromatic rings. The fraction of sp³-hybridized carbons (Fsp3) is 0.533. The number of sulfone groups is 1. The van der Waals surface area contributed by atoms with Crippen LogP contribution in [0.15, 0.2) is 29.2 Å². The number of ether oxygens (including phenoxy) is 1. The second kappa shape index (κ2) is 5.77. The van der Waals surface area contributed by atoms with Crippen molar-refractivity contribution in [2.75, 3.05) is 6.61 Å². The maximum atomic E-state index is 13.0. The average molecular weight is 312 g/mol. The predicted octanol–water partition coefficient (Wildman–Crippen LogP) is 2.18. The van der Waals surface area contributed by atoms with Gasteiger partial charge in [0.2, 0.25) is 0 Å². The molecule has 0 radical (unpaired) electrons. The van der Waals surface area contributed by atoms with Crippen molar-refractivity contribution in [1.82, 2.24) is 0 Å². The van der Waals surface area contributed by atoms with E-state index in [9.17, 15) is 13.2 Å². The molecule has 1 fully saturated rings. The Morgan fingerprint density at radius 3 is 2.76 bits per heavy atom. The lowest BCUT2D eigenvalue weighted by Gasteiger charge is -2.38. The number of rotatable bonds is 4. The number of carboxylic acids is 1. The molecule has 116 valence electrons. The molecule has 2 rings (SSSR count). The molecule has 1 aromatic carbocycles. The van der Waals surface area contributed by atoms with Gasteiger partial charge in [-0.15, -0.1) is 0 Å². The van der Waals surface area contributed by atoms with E-state index in [1.807, 2.05) is 13.0 Å². The van der Waals surface area contributed by atoms with Gasteiger partial charge in [-0.05, 0) is 37.5 Å². The highest BCUT2D eigenvalue weighted by molar-refractivity contribution is 7.92. The van der Waals surface area contributed by atoms with Crippen LogP contribution in [0, 0.1) is 6.92 Å². The van der Waals surface area contributed by atoms with Crippen molar-refractivity contribution in [3.8, 4) is 0 Å². The number of hydrogen-bond donors (Lipinski definition) is 1. The van der Waals surface area contributed by atoms with E-state index in [-0.39, 0.29) is 17.9 Å². The van der Waals surface area contributed by atoms with Crippen LogP contribution >= 0.6 is 0 Å². The van der Waals surface area contributed by atoms with Gasteiger partial charge in [-0.2, -0.15) is 0 Å². The molecule has 1 aliphatic rings. The molecule has 0 aromatic heterocycles. The first-order valence-corrected chi connectivity index (χ1v) is 8.46. The molecule has 1 aliphatic heterocycles. The third-order valence-corrected chi connectivity index (χ3v) is 6.90. The molecule has 1 N–H and O–H groups in total. The maximum Gasteiger partial charge on any atom is 0.332 e. The van der Waals surface area contributed by atoms with E-state index >= 15 is 0 Å². The van der Waals surface area contributed by atoms with Crippen molar-refractivity contribution < 1.29 is 23.1 Å². The molecule has 5 nitrogen and oxygen atoms in total. The largest absolute Gasteiger partial charge is 0.479 e. The van der Waals surface area contributed by atoms with Gasteiger partial charge in [-0.3, -0.25) is 0 Å². The molecule has 1 saturated heterocycles. The number of hydrogen-bond acceptors (Lipinski definition) is 4. The molecule has 0 spiro atoms. The average Bonchev–Trinajstić information content (AvgIpc) is 2.47. The normalized spacial score (nSPS) is 26.5. The third kappa shape index (κ3) is 2.82. The topological polar surface area (TPSA) is 80.7 Å². The Morgan fingerprint density at radius 1 is 1.48 bits per heavy atom. The molecule has 0 aliphatic carbocycles. The lowest BCUT2D eigenvalue weighted by Crippen LogP contribution is -2.48. The van der Waals surface area contributed by atoms with Crippen molar-refractivity contribution in [3.05, 3.63) is 29.8 Å². The summed E-state index contributed by atoms with van der Waals surface area (Å²) in [5.74, 6) is -1.10. The van der Waals surface area contributed by atoms with E-state index in [0.717, 1.165) is 5.56 Å². The fourth-order valence-electron chi connectivity index (χ4n) is 2.83. The number of carboxylic acid groups (broad SMARTS) is 1. The predicted molar refractivity (Wildman–Crippen MR) is 78.0 cm³/mol. The lowest BCUT2D eigenvalue weighted by molar-refractivity contribution is -0.154. The summed E-state index contributed by atoms with van der Waals surface area (Å²) in [4.78, 5) is 11.4. The van der Waals surface area contributed by atoms with Crippen LogP contribution in [0.2, 0.25) is 0 Å². The van der Waals surface area contributed by atoms with Gasteiger partial charge >= 0.3 is 5.97 Å². The van der Waals surface area contributed by atoms with Crippen LogP contribution in [0.4, 0.5) is 0 Å². The molecule has 2 atom stereocenters. The van der Waals surface area contributed by atoms with Crippen molar-refractivity contribution in [3.63, 3.8) is 0 Å². The van der Waals surface area contributed by atoms with Gasteiger partial charge in [0.15, 0.2) is 15.9 Å². The summed E-state index contributed by atoms with van der Waals surface area (Å²) >= 11 is 0. The van der Waals surface area contributed by atoms with Crippen LogP contribution in [0.3, 0.4) is 0 Å². The zero-order valence-corrected chi connectivity index (χ0v) is 13.0. The van der Waals surface area contributed by atoms with Gasteiger partial charge in [0.1, 0.15) is 0 Å². The first-order chi connectivity index (χ1) is 9.82. The van der Waals surface area contributed by atoms with Crippen molar-refractivity contribution in [2.24, 2.45) is 0 Å². The molecular formula is C15H20O5S. The van der Waals surface area contributed by atoms with Crippen molar-refractivity contribution >= 4 is 15.8 Å². The Hall–Kier alpha value is -1.40. The fourth-order valence-corrected chi connectivity index (χ4v) is 5.03. The summed E-state index contributed by atoms with van der Waals surface area (Å²) in [6.07, 6.45) is -0.368. The van der Waals surface area contributed by atoms with Crippen molar-refractivity contribution in [2.45, 2.75) is 48.9 Å². The van der Waals surface area contributed by atoms with Gasteiger partial charge in [0, 0.05) is 13.0 Å². The Balaban J connectivity index is 2.46. The number of aryl methyl sites for hydroxylation is 1. The minimum atomic E-state index is -3.61.